The molecule has 1 amide bonds. The topological polar surface area (TPSA) is 66.6 Å². The molecule has 5 heteroatoms. The van der Waals surface area contributed by atoms with Crippen molar-refractivity contribution in [3.63, 3.8) is 0 Å². The monoisotopic (exact) mass is 250 g/mol. The van der Waals surface area contributed by atoms with Gasteiger partial charge in [-0.3, -0.25) is 4.79 Å². The lowest BCUT2D eigenvalue weighted by atomic mass is 9.94. The van der Waals surface area contributed by atoms with Gasteiger partial charge in [0.05, 0.1) is 5.60 Å². The molecule has 98 valence electrons. The Balaban J connectivity index is 1.66. The Labute approximate surface area is 106 Å². The molecule has 2 fully saturated rings. The average molecular weight is 250 g/mol. The number of hydrogen-bond acceptors (Lipinski definition) is 4. The van der Waals surface area contributed by atoms with Gasteiger partial charge in [-0.05, 0) is 32.6 Å². The van der Waals surface area contributed by atoms with Gasteiger partial charge in [0, 0.05) is 25.1 Å². The third-order valence-electron chi connectivity index (χ3n) is 3.86. The molecule has 0 spiro atoms. The molecule has 1 aliphatic heterocycles. The molecule has 1 aliphatic carbocycles. The molecular weight excluding hydrogens is 232 g/mol. The zero-order valence-corrected chi connectivity index (χ0v) is 10.6. The minimum absolute atomic E-state index is 0.0823. The number of amides is 1. The third-order valence-corrected chi connectivity index (χ3v) is 3.86. The van der Waals surface area contributed by atoms with Crippen molar-refractivity contribution in [2.24, 2.45) is 0 Å². The van der Waals surface area contributed by atoms with Gasteiger partial charge in [0.25, 0.3) is 5.91 Å². The van der Waals surface area contributed by atoms with Gasteiger partial charge in [0.2, 0.25) is 0 Å². The standard InChI is InChI=1S/C13H18N2O3/c1-13(17)4-6-15(7-5-13)12(16)10-8-11(18-14-10)9-2-3-9/h8-9,17H,2-7H2,1H3. The van der Waals surface area contributed by atoms with Gasteiger partial charge in [0.15, 0.2) is 5.69 Å². The molecule has 18 heavy (non-hydrogen) atoms. The second kappa shape index (κ2) is 4.09. The van der Waals surface area contributed by atoms with Crippen LogP contribution >= 0.6 is 0 Å². The van der Waals surface area contributed by atoms with Crippen LogP contribution in [0.2, 0.25) is 0 Å². The molecule has 1 saturated heterocycles. The van der Waals surface area contributed by atoms with Crippen molar-refractivity contribution in [3.8, 4) is 0 Å². The van der Waals surface area contributed by atoms with Crippen molar-refractivity contribution in [2.75, 3.05) is 13.1 Å². The second-order valence-corrected chi connectivity index (χ2v) is 5.68. The minimum atomic E-state index is -0.639. The number of nitrogens with zero attached hydrogens (tertiary/aromatic N) is 2. The van der Waals surface area contributed by atoms with Crippen molar-refractivity contribution in [1.29, 1.82) is 0 Å². The predicted molar refractivity (Wildman–Crippen MR) is 64.2 cm³/mol. The van der Waals surface area contributed by atoms with Crippen molar-refractivity contribution in [3.05, 3.63) is 17.5 Å². The molecule has 1 saturated carbocycles. The average Bonchev–Trinajstić information content (AvgIpc) is 3.06. The number of aromatic nitrogens is 1. The van der Waals surface area contributed by atoms with Crippen LogP contribution in [0.5, 0.6) is 0 Å². The highest BCUT2D eigenvalue weighted by molar-refractivity contribution is 5.92. The van der Waals surface area contributed by atoms with Crippen molar-refractivity contribution >= 4 is 5.91 Å². The highest BCUT2D eigenvalue weighted by Crippen LogP contribution is 2.40. The van der Waals surface area contributed by atoms with Crippen LogP contribution in [0.25, 0.3) is 0 Å². The molecule has 0 atom stereocenters. The van der Waals surface area contributed by atoms with E-state index < -0.39 is 5.60 Å². The summed E-state index contributed by atoms with van der Waals surface area (Å²) in [6, 6.07) is 1.77. The Morgan fingerprint density at radius 2 is 2.17 bits per heavy atom. The zero-order chi connectivity index (χ0) is 12.8. The van der Waals surface area contributed by atoms with E-state index in [1.807, 2.05) is 6.92 Å². The maximum absolute atomic E-state index is 12.2. The summed E-state index contributed by atoms with van der Waals surface area (Å²) >= 11 is 0. The minimum Gasteiger partial charge on any atom is -0.390 e. The third kappa shape index (κ3) is 2.27. The van der Waals surface area contributed by atoms with E-state index in [0.29, 0.717) is 37.5 Å². The maximum atomic E-state index is 12.2. The van der Waals surface area contributed by atoms with Crippen LogP contribution in [0.3, 0.4) is 0 Å². The molecule has 0 bridgehead atoms. The van der Waals surface area contributed by atoms with Crippen LogP contribution in [-0.2, 0) is 0 Å². The van der Waals surface area contributed by atoms with Gasteiger partial charge in [-0.25, -0.2) is 0 Å². The Morgan fingerprint density at radius 3 is 2.78 bits per heavy atom. The molecule has 0 unspecified atom stereocenters. The molecule has 1 N–H and O–H groups in total. The number of piperidine rings is 1. The summed E-state index contributed by atoms with van der Waals surface area (Å²) in [7, 11) is 0. The lowest BCUT2D eigenvalue weighted by molar-refractivity contribution is -0.00228. The normalized spacial score (nSPS) is 23.1. The molecule has 0 radical (unpaired) electrons. The van der Waals surface area contributed by atoms with Gasteiger partial charge in [0.1, 0.15) is 5.76 Å². The van der Waals surface area contributed by atoms with E-state index in [-0.39, 0.29) is 5.91 Å². The van der Waals surface area contributed by atoms with Crippen LogP contribution in [0.15, 0.2) is 10.6 Å². The molecule has 5 nitrogen and oxygen atoms in total. The molecule has 0 aromatic carbocycles. The first-order valence-electron chi connectivity index (χ1n) is 6.53. The van der Waals surface area contributed by atoms with Crippen molar-refractivity contribution in [1.82, 2.24) is 10.1 Å². The van der Waals surface area contributed by atoms with E-state index >= 15 is 0 Å². The summed E-state index contributed by atoms with van der Waals surface area (Å²) in [5.74, 6) is 1.23. The van der Waals surface area contributed by atoms with E-state index in [1.54, 1.807) is 11.0 Å². The number of aliphatic hydroxyl groups is 1. The molecular formula is C13H18N2O3. The van der Waals surface area contributed by atoms with Crippen molar-refractivity contribution in [2.45, 2.75) is 44.1 Å². The Bertz CT molecular complexity index is 453. The number of likely N-dealkylation sites (tertiary alicyclic amines) is 1. The zero-order valence-electron chi connectivity index (χ0n) is 10.6. The summed E-state index contributed by atoms with van der Waals surface area (Å²) in [4.78, 5) is 13.9. The first-order chi connectivity index (χ1) is 8.55. The van der Waals surface area contributed by atoms with Crippen LogP contribution in [-0.4, -0.2) is 39.8 Å². The summed E-state index contributed by atoms with van der Waals surface area (Å²) < 4.78 is 5.19. The molecule has 1 aromatic heterocycles. The van der Waals surface area contributed by atoms with Crippen LogP contribution in [0, 0.1) is 0 Å². The number of rotatable bonds is 2. The number of hydrogen-bond donors (Lipinski definition) is 1. The smallest absolute Gasteiger partial charge is 0.276 e. The summed E-state index contributed by atoms with van der Waals surface area (Å²) in [5.41, 5.74) is -0.238. The fraction of sp³-hybridized carbons (Fsp3) is 0.692. The van der Waals surface area contributed by atoms with Crippen molar-refractivity contribution < 1.29 is 14.4 Å². The predicted octanol–water partition coefficient (Wildman–Crippen LogP) is 1.54. The van der Waals surface area contributed by atoms with E-state index in [1.165, 1.54) is 0 Å². The summed E-state index contributed by atoms with van der Waals surface area (Å²) in [5, 5.41) is 13.7. The first-order valence-corrected chi connectivity index (χ1v) is 6.53. The second-order valence-electron chi connectivity index (χ2n) is 5.68. The quantitative estimate of drug-likeness (QED) is 0.864. The van der Waals surface area contributed by atoms with Crippen LogP contribution in [0.4, 0.5) is 0 Å². The largest absolute Gasteiger partial charge is 0.390 e. The van der Waals surface area contributed by atoms with Gasteiger partial charge >= 0.3 is 0 Å². The first kappa shape index (κ1) is 11.7. The molecule has 2 heterocycles. The highest BCUT2D eigenvalue weighted by atomic mass is 16.5. The van der Waals surface area contributed by atoms with Gasteiger partial charge in [-0.1, -0.05) is 5.16 Å². The van der Waals surface area contributed by atoms with Gasteiger partial charge in [-0.2, -0.15) is 0 Å². The SMILES string of the molecule is CC1(O)CCN(C(=O)c2cc(C3CC3)on2)CC1. The fourth-order valence-corrected chi connectivity index (χ4v) is 2.30. The molecule has 2 aliphatic rings. The van der Waals surface area contributed by atoms with Gasteiger partial charge in [-0.15, -0.1) is 0 Å². The number of carbonyl (C=O) groups is 1. The van der Waals surface area contributed by atoms with Crippen LogP contribution < -0.4 is 0 Å². The fourth-order valence-electron chi connectivity index (χ4n) is 2.30. The lowest BCUT2D eigenvalue weighted by Gasteiger charge is -2.35. The van der Waals surface area contributed by atoms with Crippen LogP contribution in [0.1, 0.15) is 54.8 Å². The van der Waals surface area contributed by atoms with E-state index in [9.17, 15) is 9.90 Å². The van der Waals surface area contributed by atoms with Gasteiger partial charge < -0.3 is 14.5 Å². The molecule has 1 aromatic rings. The van der Waals surface area contributed by atoms with E-state index in [0.717, 1.165) is 18.6 Å². The number of carbonyl (C=O) groups excluding carboxylic acids is 1. The maximum Gasteiger partial charge on any atom is 0.276 e. The Kier molecular flexibility index (Phi) is 2.66. The Morgan fingerprint density at radius 1 is 1.50 bits per heavy atom. The van der Waals surface area contributed by atoms with E-state index in [4.69, 9.17) is 4.52 Å². The summed E-state index contributed by atoms with van der Waals surface area (Å²) in [6.07, 6.45) is 3.50. The highest BCUT2D eigenvalue weighted by Gasteiger charge is 2.33. The lowest BCUT2D eigenvalue weighted by Crippen LogP contribution is -2.45. The molecule has 3 rings (SSSR count). The van der Waals surface area contributed by atoms with E-state index in [2.05, 4.69) is 5.16 Å². The Hall–Kier alpha value is -1.36. The summed E-state index contributed by atoms with van der Waals surface area (Å²) in [6.45, 7) is 2.98.